The Labute approximate surface area is 245 Å². The molecular weight excluding hydrogens is 550 g/mol. The maximum absolute atomic E-state index is 13.3. The van der Waals surface area contributed by atoms with Crippen molar-refractivity contribution in [1.29, 1.82) is 0 Å². The molecule has 5 aromatic rings. The van der Waals surface area contributed by atoms with Crippen LogP contribution >= 0.6 is 11.3 Å². The Morgan fingerprint density at radius 2 is 1.57 bits per heavy atom. The van der Waals surface area contributed by atoms with E-state index in [-0.39, 0.29) is 11.7 Å². The molecule has 1 atom stereocenters. The van der Waals surface area contributed by atoms with Gasteiger partial charge in [0.2, 0.25) is 5.78 Å². The highest BCUT2D eigenvalue weighted by molar-refractivity contribution is 7.12. The fourth-order valence-electron chi connectivity index (χ4n) is 5.46. The molecule has 0 fully saturated rings. The fourth-order valence-corrected chi connectivity index (χ4v) is 6.15. The van der Waals surface area contributed by atoms with Crippen LogP contribution in [0.15, 0.2) is 82.4 Å². The molecule has 3 aromatic carbocycles. The Morgan fingerprint density at radius 1 is 0.857 bits per heavy atom. The van der Waals surface area contributed by atoms with Crippen molar-refractivity contribution in [3.63, 3.8) is 0 Å². The lowest BCUT2D eigenvalue weighted by Crippen LogP contribution is -2.01. The quantitative estimate of drug-likeness (QED) is 0.0925. The lowest BCUT2D eigenvalue weighted by molar-refractivity contribution is -0.141. The van der Waals surface area contributed by atoms with E-state index in [1.807, 2.05) is 60.0 Å². The Kier molecular flexibility index (Phi) is 7.04. The average Bonchev–Trinajstić information content (AvgIpc) is 3.70. The number of benzene rings is 3. The lowest BCUT2D eigenvalue weighted by Gasteiger charge is -2.11. The molecule has 0 bridgehead atoms. The summed E-state index contributed by atoms with van der Waals surface area (Å²) in [5, 5.41) is 11.9. The van der Waals surface area contributed by atoms with Crippen LogP contribution in [0.4, 0.5) is 0 Å². The number of carbonyl (C=O) groups excluding carboxylic acids is 3. The summed E-state index contributed by atoms with van der Waals surface area (Å²) in [5.74, 6) is -0.777. The number of hydrogen-bond donors (Lipinski definition) is 0. The number of ketones is 1. The van der Waals surface area contributed by atoms with Crippen molar-refractivity contribution in [3.8, 4) is 5.69 Å². The van der Waals surface area contributed by atoms with Crippen molar-refractivity contribution in [2.24, 2.45) is 10.3 Å². The number of oxime groups is 2. The monoisotopic (exact) mass is 577 g/mol. The van der Waals surface area contributed by atoms with Crippen LogP contribution < -0.4 is 0 Å². The van der Waals surface area contributed by atoms with E-state index >= 15 is 0 Å². The van der Waals surface area contributed by atoms with Crippen molar-refractivity contribution in [3.05, 3.63) is 99.2 Å². The number of aromatic nitrogens is 1. The van der Waals surface area contributed by atoms with Crippen molar-refractivity contribution in [2.75, 3.05) is 0 Å². The Balaban J connectivity index is 1.55. The van der Waals surface area contributed by atoms with Crippen molar-refractivity contribution < 1.29 is 24.1 Å². The van der Waals surface area contributed by atoms with Crippen LogP contribution in [0.2, 0.25) is 0 Å². The number of rotatable bonds is 6. The minimum Gasteiger partial charge on any atom is -0.318 e. The second-order valence-corrected chi connectivity index (χ2v) is 11.3. The van der Waals surface area contributed by atoms with E-state index in [1.165, 1.54) is 25.2 Å². The molecule has 2 heterocycles. The molecule has 0 radical (unpaired) electrons. The zero-order chi connectivity index (χ0) is 29.5. The first-order valence-corrected chi connectivity index (χ1v) is 14.4. The highest BCUT2D eigenvalue weighted by Gasteiger charge is 2.28. The summed E-state index contributed by atoms with van der Waals surface area (Å²) in [5.41, 5.74) is 7.67. The minimum absolute atomic E-state index is 0.0217. The first kappa shape index (κ1) is 27.3. The largest absolute Gasteiger partial charge is 0.331 e. The standard InChI is InChI=1S/C33H27N3O5S/c1-18-14-29(35-41-21(4)38)26-16-28-27-15-23(33(39)32-6-5-13-42-32)9-12-30(27)36(31(28)17-25(18)26)24-10-7-22(8-11-24)19(2)34-40-20(3)37/h5-13,15-18H,14H2,1-4H3/b34-19-,35-29+. The number of nitrogens with zero attached hydrogens (tertiary/aromatic N) is 3. The molecule has 42 heavy (non-hydrogen) atoms. The molecule has 1 aliphatic carbocycles. The van der Waals surface area contributed by atoms with Gasteiger partial charge >= 0.3 is 11.9 Å². The Bertz CT molecular complexity index is 1950. The SMILES string of the molecule is CC(=O)O/N=C(/C)c1ccc(-n2c3ccc(C(=O)c4cccs4)cc3c3cc4c(cc32)C(C)C/C4=N\OC(C)=O)cc1. The van der Waals surface area contributed by atoms with Gasteiger partial charge in [-0.2, -0.15) is 0 Å². The second kappa shape index (κ2) is 10.8. The molecule has 0 N–H and O–H groups in total. The third-order valence-electron chi connectivity index (χ3n) is 7.42. The van der Waals surface area contributed by atoms with Crippen LogP contribution in [0, 0.1) is 0 Å². The molecular formula is C33H27N3O5S. The Morgan fingerprint density at radius 3 is 2.26 bits per heavy atom. The van der Waals surface area contributed by atoms with Gasteiger partial charge in [0.05, 0.1) is 27.3 Å². The maximum Gasteiger partial charge on any atom is 0.331 e. The van der Waals surface area contributed by atoms with Crippen molar-refractivity contribution in [2.45, 2.75) is 40.0 Å². The first-order valence-electron chi connectivity index (χ1n) is 13.5. The number of hydrogen-bond acceptors (Lipinski definition) is 8. The van der Waals surface area contributed by atoms with Gasteiger partial charge < -0.3 is 14.2 Å². The second-order valence-electron chi connectivity index (χ2n) is 10.4. The molecule has 8 nitrogen and oxygen atoms in total. The molecule has 0 amide bonds. The van der Waals surface area contributed by atoms with E-state index < -0.39 is 11.9 Å². The van der Waals surface area contributed by atoms with E-state index in [2.05, 4.69) is 33.9 Å². The van der Waals surface area contributed by atoms with Crippen LogP contribution in [-0.2, 0) is 19.3 Å². The van der Waals surface area contributed by atoms with Crippen LogP contribution in [0.3, 0.4) is 0 Å². The maximum atomic E-state index is 13.3. The lowest BCUT2D eigenvalue weighted by atomic mass is 10.00. The molecule has 0 saturated carbocycles. The summed E-state index contributed by atoms with van der Waals surface area (Å²) >= 11 is 1.42. The molecule has 1 unspecified atom stereocenters. The van der Waals surface area contributed by atoms with Gasteiger partial charge in [-0.25, -0.2) is 9.59 Å². The fraction of sp³-hybridized carbons (Fsp3) is 0.182. The molecule has 6 rings (SSSR count). The number of thiophene rings is 1. The summed E-state index contributed by atoms with van der Waals surface area (Å²) in [6.07, 6.45) is 0.658. The van der Waals surface area contributed by atoms with Gasteiger partial charge in [-0.3, -0.25) is 4.79 Å². The van der Waals surface area contributed by atoms with Crippen LogP contribution in [0.5, 0.6) is 0 Å². The third-order valence-corrected chi connectivity index (χ3v) is 8.29. The molecule has 2 aromatic heterocycles. The van der Waals surface area contributed by atoms with Gasteiger partial charge in [-0.1, -0.05) is 35.4 Å². The summed E-state index contributed by atoms with van der Waals surface area (Å²) in [4.78, 5) is 46.5. The highest BCUT2D eigenvalue weighted by Crippen LogP contribution is 2.41. The van der Waals surface area contributed by atoms with Gasteiger partial charge in [0, 0.05) is 47.9 Å². The van der Waals surface area contributed by atoms with E-state index in [1.54, 1.807) is 6.92 Å². The van der Waals surface area contributed by atoms with Gasteiger partial charge in [0.25, 0.3) is 0 Å². The topological polar surface area (TPSA) is 99.3 Å². The van der Waals surface area contributed by atoms with Gasteiger partial charge in [0.1, 0.15) is 0 Å². The first-order chi connectivity index (χ1) is 20.2. The molecule has 0 saturated heterocycles. The zero-order valence-corrected chi connectivity index (χ0v) is 24.3. The van der Waals surface area contributed by atoms with Gasteiger partial charge in [-0.15, -0.1) is 11.3 Å². The zero-order valence-electron chi connectivity index (χ0n) is 23.5. The number of fused-ring (bicyclic) bond motifs is 4. The van der Waals surface area contributed by atoms with Crippen molar-refractivity contribution in [1.82, 2.24) is 4.57 Å². The summed E-state index contributed by atoms with van der Waals surface area (Å²) in [7, 11) is 0. The average molecular weight is 578 g/mol. The molecule has 1 aliphatic rings. The van der Waals surface area contributed by atoms with Gasteiger partial charge in [-0.05, 0) is 77.9 Å². The summed E-state index contributed by atoms with van der Waals surface area (Å²) in [6, 6.07) is 21.6. The van der Waals surface area contributed by atoms with E-state index in [0.717, 1.165) is 49.9 Å². The smallest absolute Gasteiger partial charge is 0.318 e. The predicted octanol–water partition coefficient (Wildman–Crippen LogP) is 7.14. The Hall–Kier alpha value is -4.89. The highest BCUT2D eigenvalue weighted by atomic mass is 32.1. The predicted molar refractivity (Wildman–Crippen MR) is 164 cm³/mol. The summed E-state index contributed by atoms with van der Waals surface area (Å²) in [6.45, 7) is 6.56. The minimum atomic E-state index is -0.476. The van der Waals surface area contributed by atoms with Crippen molar-refractivity contribution >= 4 is 62.3 Å². The number of carbonyl (C=O) groups is 3. The van der Waals surface area contributed by atoms with Crippen LogP contribution in [0.25, 0.3) is 27.5 Å². The normalized spacial score (nSPS) is 15.8. The molecule has 210 valence electrons. The van der Waals surface area contributed by atoms with E-state index in [9.17, 15) is 14.4 Å². The third kappa shape index (κ3) is 4.92. The van der Waals surface area contributed by atoms with E-state index in [4.69, 9.17) is 9.68 Å². The molecule has 0 spiro atoms. The van der Waals surface area contributed by atoms with Crippen LogP contribution in [-0.4, -0.2) is 33.7 Å². The molecule has 0 aliphatic heterocycles. The van der Waals surface area contributed by atoms with E-state index in [0.29, 0.717) is 22.6 Å². The van der Waals surface area contributed by atoms with Gasteiger partial charge in [0.15, 0.2) is 0 Å². The summed E-state index contributed by atoms with van der Waals surface area (Å²) < 4.78 is 2.18. The van der Waals surface area contributed by atoms with Crippen LogP contribution in [0.1, 0.15) is 72.0 Å². The molecule has 9 heteroatoms.